The van der Waals surface area contributed by atoms with Gasteiger partial charge in [-0.1, -0.05) is 271 Å². The van der Waals surface area contributed by atoms with E-state index in [0.29, 0.717) is 6.42 Å². The van der Waals surface area contributed by atoms with Crippen LogP contribution >= 0.6 is 0 Å². The van der Waals surface area contributed by atoms with Crippen molar-refractivity contribution < 1.29 is 49.0 Å². The normalized spacial score (nSPS) is 18.9. The Kier molecular flexibility index (Phi) is 46.0. The smallest absolute Gasteiger partial charge is 0.306 e. The molecule has 1 heterocycles. The molecule has 4 N–H and O–H groups in total. The maximum atomic E-state index is 12.9. The molecule has 0 spiro atoms. The van der Waals surface area contributed by atoms with Crippen LogP contribution in [0.25, 0.3) is 0 Å². The van der Waals surface area contributed by atoms with E-state index in [1.165, 1.54) is 231 Å². The summed E-state index contributed by atoms with van der Waals surface area (Å²) in [5.74, 6) is -0.781. The summed E-state index contributed by atoms with van der Waals surface area (Å²) in [4.78, 5) is 25.5. The summed E-state index contributed by atoms with van der Waals surface area (Å²) in [6.45, 7) is 3.50. The minimum atomic E-state index is -1.59. The number of carbonyl (C=O) groups is 2. The monoisotopic (exact) mass is 955 g/mol. The van der Waals surface area contributed by atoms with Gasteiger partial charge in [-0.05, 0) is 12.8 Å². The standard InChI is InChI=1S/C57H110O10/c1-3-5-7-9-11-13-15-17-19-21-23-25-27-29-31-33-35-37-39-41-43-45-52(59)64-48-50(49-65-57-56(63)55(62)54(61)51(47-58)67-57)66-53(60)46-44-42-40-38-36-34-32-30-28-26-24-22-20-18-16-14-12-10-8-6-4-2/h50-51,54-58,61-63H,3-49H2,1-2H3. The molecule has 10 nitrogen and oxygen atoms in total. The zero-order valence-electron chi connectivity index (χ0n) is 43.9. The van der Waals surface area contributed by atoms with Crippen molar-refractivity contribution in [3.8, 4) is 0 Å². The lowest BCUT2D eigenvalue weighted by molar-refractivity contribution is -0.305. The second-order valence-corrected chi connectivity index (χ2v) is 20.5. The first kappa shape index (κ1) is 63.7. The van der Waals surface area contributed by atoms with Gasteiger partial charge in [-0.2, -0.15) is 0 Å². The van der Waals surface area contributed by atoms with E-state index in [-0.39, 0.29) is 32.0 Å². The van der Waals surface area contributed by atoms with E-state index >= 15 is 0 Å². The molecule has 0 aromatic carbocycles. The first-order valence-electron chi connectivity index (χ1n) is 29.1. The van der Waals surface area contributed by atoms with E-state index in [1.54, 1.807) is 0 Å². The molecule has 1 rings (SSSR count). The molecule has 398 valence electrons. The van der Waals surface area contributed by atoms with Gasteiger partial charge in [-0.15, -0.1) is 0 Å². The highest BCUT2D eigenvalue weighted by molar-refractivity contribution is 5.70. The summed E-state index contributed by atoms with van der Waals surface area (Å²) in [6.07, 6.45) is 46.9. The van der Waals surface area contributed by atoms with E-state index in [0.717, 1.165) is 32.1 Å². The molecular formula is C57H110O10. The molecular weight excluding hydrogens is 845 g/mol. The van der Waals surface area contributed by atoms with Crippen molar-refractivity contribution in [3.05, 3.63) is 0 Å². The minimum Gasteiger partial charge on any atom is -0.462 e. The van der Waals surface area contributed by atoms with Crippen LogP contribution in [0.2, 0.25) is 0 Å². The van der Waals surface area contributed by atoms with Crippen molar-refractivity contribution in [2.75, 3.05) is 19.8 Å². The van der Waals surface area contributed by atoms with E-state index < -0.39 is 49.4 Å². The van der Waals surface area contributed by atoms with Crippen LogP contribution in [0.5, 0.6) is 0 Å². The lowest BCUT2D eigenvalue weighted by Crippen LogP contribution is -2.59. The molecule has 10 heteroatoms. The van der Waals surface area contributed by atoms with Gasteiger partial charge in [0.25, 0.3) is 0 Å². The van der Waals surface area contributed by atoms with Crippen LogP contribution in [-0.4, -0.2) is 89.0 Å². The maximum absolute atomic E-state index is 12.9. The Bertz CT molecular complexity index is 1060. The van der Waals surface area contributed by atoms with Crippen LogP contribution < -0.4 is 0 Å². The Hall–Kier alpha value is -1.30. The van der Waals surface area contributed by atoms with Crippen LogP contribution in [0.1, 0.15) is 296 Å². The predicted molar refractivity (Wildman–Crippen MR) is 275 cm³/mol. The largest absolute Gasteiger partial charge is 0.462 e. The van der Waals surface area contributed by atoms with Crippen molar-refractivity contribution in [2.45, 2.75) is 333 Å². The molecule has 1 aliphatic rings. The molecule has 6 unspecified atom stereocenters. The Morgan fingerprint density at radius 2 is 0.701 bits per heavy atom. The molecule has 0 bridgehead atoms. The molecule has 0 saturated carbocycles. The Labute approximate surface area is 412 Å². The van der Waals surface area contributed by atoms with Crippen LogP contribution in [0.4, 0.5) is 0 Å². The number of aliphatic hydroxyl groups is 4. The van der Waals surface area contributed by atoms with Gasteiger partial charge < -0.3 is 39.4 Å². The third-order valence-corrected chi connectivity index (χ3v) is 14.0. The van der Waals surface area contributed by atoms with E-state index in [9.17, 15) is 30.0 Å². The zero-order chi connectivity index (χ0) is 48.7. The number of hydrogen-bond donors (Lipinski definition) is 4. The Balaban J connectivity index is 2.18. The summed E-state index contributed by atoms with van der Waals surface area (Å²) in [6, 6.07) is 0. The molecule has 0 radical (unpaired) electrons. The molecule has 0 aromatic heterocycles. The molecule has 6 atom stereocenters. The third kappa shape index (κ3) is 39.1. The lowest BCUT2D eigenvalue weighted by atomic mass is 9.99. The summed E-state index contributed by atoms with van der Waals surface area (Å²) in [5.41, 5.74) is 0. The molecule has 1 aliphatic heterocycles. The second kappa shape index (κ2) is 48.3. The van der Waals surface area contributed by atoms with Crippen LogP contribution in [0.15, 0.2) is 0 Å². The molecule has 67 heavy (non-hydrogen) atoms. The topological polar surface area (TPSA) is 152 Å². The number of ether oxygens (including phenoxy) is 4. The molecule has 0 amide bonds. The highest BCUT2D eigenvalue weighted by Gasteiger charge is 2.44. The summed E-state index contributed by atoms with van der Waals surface area (Å²) in [5, 5.41) is 40.3. The van der Waals surface area contributed by atoms with E-state index in [1.807, 2.05) is 0 Å². The maximum Gasteiger partial charge on any atom is 0.306 e. The van der Waals surface area contributed by atoms with E-state index in [2.05, 4.69) is 13.8 Å². The highest BCUT2D eigenvalue weighted by Crippen LogP contribution is 2.23. The average Bonchev–Trinajstić information content (AvgIpc) is 3.33. The van der Waals surface area contributed by atoms with Crippen LogP contribution in [0.3, 0.4) is 0 Å². The van der Waals surface area contributed by atoms with Gasteiger partial charge in [0.15, 0.2) is 12.4 Å². The number of rotatable bonds is 51. The number of aliphatic hydroxyl groups excluding tert-OH is 4. The lowest BCUT2D eigenvalue weighted by Gasteiger charge is -2.39. The summed E-state index contributed by atoms with van der Waals surface area (Å²) < 4.78 is 22.3. The molecule has 0 aliphatic carbocycles. The third-order valence-electron chi connectivity index (χ3n) is 14.0. The first-order chi connectivity index (χ1) is 32.8. The fourth-order valence-corrected chi connectivity index (χ4v) is 9.43. The number of hydrogen-bond acceptors (Lipinski definition) is 10. The van der Waals surface area contributed by atoms with Crippen molar-refractivity contribution in [3.63, 3.8) is 0 Å². The molecule has 1 fully saturated rings. The average molecular weight is 955 g/mol. The van der Waals surface area contributed by atoms with Crippen molar-refractivity contribution in [1.29, 1.82) is 0 Å². The van der Waals surface area contributed by atoms with Crippen LogP contribution in [0, 0.1) is 0 Å². The minimum absolute atomic E-state index is 0.208. The predicted octanol–water partition coefficient (Wildman–Crippen LogP) is 14.5. The Morgan fingerprint density at radius 3 is 1.01 bits per heavy atom. The number of unbranched alkanes of at least 4 members (excludes halogenated alkanes) is 40. The second-order valence-electron chi connectivity index (χ2n) is 20.5. The summed E-state index contributed by atoms with van der Waals surface area (Å²) >= 11 is 0. The van der Waals surface area contributed by atoms with Gasteiger partial charge in [-0.3, -0.25) is 9.59 Å². The van der Waals surface area contributed by atoms with Gasteiger partial charge in [0.2, 0.25) is 0 Å². The van der Waals surface area contributed by atoms with Crippen molar-refractivity contribution in [2.24, 2.45) is 0 Å². The SMILES string of the molecule is CCCCCCCCCCCCCCCCCCCCCCCC(=O)OCC(COC1OC(CO)C(O)C(O)C1O)OC(=O)CCCCCCCCCCCCCCCCCCCCCCC. The van der Waals surface area contributed by atoms with Gasteiger partial charge in [0.1, 0.15) is 31.0 Å². The quantitative estimate of drug-likeness (QED) is 0.0342. The fraction of sp³-hybridized carbons (Fsp3) is 0.965. The summed E-state index contributed by atoms with van der Waals surface area (Å²) in [7, 11) is 0. The molecule has 0 aromatic rings. The van der Waals surface area contributed by atoms with Crippen molar-refractivity contribution >= 4 is 11.9 Å². The van der Waals surface area contributed by atoms with Gasteiger partial charge in [-0.25, -0.2) is 0 Å². The number of esters is 2. The Morgan fingerprint density at radius 1 is 0.403 bits per heavy atom. The van der Waals surface area contributed by atoms with Crippen molar-refractivity contribution in [1.82, 2.24) is 0 Å². The zero-order valence-corrected chi connectivity index (χ0v) is 43.9. The highest BCUT2D eigenvalue weighted by atomic mass is 16.7. The van der Waals surface area contributed by atoms with Gasteiger partial charge in [0, 0.05) is 12.8 Å². The van der Waals surface area contributed by atoms with Crippen LogP contribution in [-0.2, 0) is 28.5 Å². The van der Waals surface area contributed by atoms with Gasteiger partial charge >= 0.3 is 11.9 Å². The first-order valence-corrected chi connectivity index (χ1v) is 29.1. The number of carbonyl (C=O) groups excluding carboxylic acids is 2. The van der Waals surface area contributed by atoms with E-state index in [4.69, 9.17) is 18.9 Å². The van der Waals surface area contributed by atoms with Gasteiger partial charge in [0.05, 0.1) is 13.2 Å². The fourth-order valence-electron chi connectivity index (χ4n) is 9.43. The molecule has 1 saturated heterocycles.